The summed E-state index contributed by atoms with van der Waals surface area (Å²) in [5, 5.41) is 4.43. The Labute approximate surface area is 151 Å². The zero-order chi connectivity index (χ0) is 17.3. The van der Waals surface area contributed by atoms with Crippen LogP contribution in [0.5, 0.6) is 0 Å². The minimum Gasteiger partial charge on any atom is -0.337 e. The van der Waals surface area contributed by atoms with Gasteiger partial charge in [-0.05, 0) is 58.1 Å². The molecule has 1 aliphatic rings. The molecule has 2 heterocycles. The summed E-state index contributed by atoms with van der Waals surface area (Å²) >= 11 is 3.44. The first-order valence-corrected chi connectivity index (χ1v) is 9.03. The Morgan fingerprint density at radius 3 is 2.67 bits per heavy atom. The second-order valence-electron chi connectivity index (χ2n) is 6.54. The Morgan fingerprint density at radius 2 is 2.00 bits per heavy atom. The number of piperidine rings is 1. The molecule has 1 aliphatic heterocycles. The second kappa shape index (κ2) is 7.07. The Balaban J connectivity index is 1.82. The van der Waals surface area contributed by atoms with E-state index in [1.54, 1.807) is 6.20 Å². The molecule has 1 fully saturated rings. The van der Waals surface area contributed by atoms with Crippen LogP contribution in [0.15, 0.2) is 34.9 Å². The van der Waals surface area contributed by atoms with Crippen molar-refractivity contribution in [3.05, 3.63) is 46.2 Å². The summed E-state index contributed by atoms with van der Waals surface area (Å²) in [6.45, 7) is 3.57. The van der Waals surface area contributed by atoms with E-state index < -0.39 is 0 Å². The standard InChI is InChI=1S/C18H23BrN4O/c1-13-17(11-20-23(13)15-8-6-14(19)7-9-15)18(24)22-10-4-5-16(12-22)21(2)3/h6-9,11,16H,4-5,10,12H2,1-3H3. The first-order chi connectivity index (χ1) is 11.5. The molecule has 1 atom stereocenters. The van der Waals surface area contributed by atoms with Gasteiger partial charge in [0.05, 0.1) is 23.1 Å². The number of nitrogens with zero attached hydrogens (tertiary/aromatic N) is 4. The van der Waals surface area contributed by atoms with Crippen molar-refractivity contribution in [1.82, 2.24) is 19.6 Å². The predicted octanol–water partition coefficient (Wildman–Crippen LogP) is 3.11. The van der Waals surface area contributed by atoms with Crippen molar-refractivity contribution in [2.75, 3.05) is 27.2 Å². The minimum atomic E-state index is 0.0856. The summed E-state index contributed by atoms with van der Waals surface area (Å²) in [5.41, 5.74) is 2.53. The maximum absolute atomic E-state index is 12.9. The molecule has 0 N–H and O–H groups in total. The molecule has 24 heavy (non-hydrogen) atoms. The zero-order valence-electron chi connectivity index (χ0n) is 14.4. The Kier molecular flexibility index (Phi) is 5.06. The quantitative estimate of drug-likeness (QED) is 0.808. The van der Waals surface area contributed by atoms with E-state index in [4.69, 9.17) is 0 Å². The van der Waals surface area contributed by atoms with E-state index in [1.165, 1.54) is 0 Å². The smallest absolute Gasteiger partial charge is 0.257 e. The van der Waals surface area contributed by atoms with Gasteiger partial charge < -0.3 is 9.80 Å². The summed E-state index contributed by atoms with van der Waals surface area (Å²) in [6.07, 6.45) is 3.89. The lowest BCUT2D eigenvalue weighted by atomic mass is 10.0. The lowest BCUT2D eigenvalue weighted by Gasteiger charge is -2.36. The fourth-order valence-electron chi connectivity index (χ4n) is 3.19. The van der Waals surface area contributed by atoms with Crippen LogP contribution in [0.2, 0.25) is 0 Å². The van der Waals surface area contributed by atoms with Crippen molar-refractivity contribution >= 4 is 21.8 Å². The molecule has 0 bridgehead atoms. The molecule has 1 unspecified atom stereocenters. The molecule has 0 saturated carbocycles. The summed E-state index contributed by atoms with van der Waals surface area (Å²) < 4.78 is 2.85. The number of rotatable bonds is 3. The van der Waals surface area contributed by atoms with Crippen LogP contribution in [0.25, 0.3) is 5.69 Å². The normalized spacial score (nSPS) is 18.2. The maximum atomic E-state index is 12.9. The zero-order valence-corrected chi connectivity index (χ0v) is 16.0. The monoisotopic (exact) mass is 390 g/mol. The SMILES string of the molecule is Cc1c(C(=O)N2CCCC(N(C)C)C2)cnn1-c1ccc(Br)cc1. The molecule has 128 valence electrons. The number of amides is 1. The maximum Gasteiger partial charge on any atom is 0.257 e. The summed E-state index contributed by atoms with van der Waals surface area (Å²) in [5.74, 6) is 0.0856. The Hall–Kier alpha value is -1.66. The number of likely N-dealkylation sites (tertiary alicyclic amines) is 1. The molecule has 1 amide bonds. The van der Waals surface area contributed by atoms with E-state index in [0.29, 0.717) is 11.6 Å². The van der Waals surface area contributed by atoms with Gasteiger partial charge in [0, 0.05) is 23.6 Å². The molecule has 0 radical (unpaired) electrons. The number of aromatic nitrogens is 2. The summed E-state index contributed by atoms with van der Waals surface area (Å²) in [6, 6.07) is 8.36. The lowest BCUT2D eigenvalue weighted by molar-refractivity contribution is 0.0634. The van der Waals surface area contributed by atoms with Crippen molar-refractivity contribution in [3.63, 3.8) is 0 Å². The molecular formula is C18H23BrN4O. The predicted molar refractivity (Wildman–Crippen MR) is 98.6 cm³/mol. The highest BCUT2D eigenvalue weighted by molar-refractivity contribution is 9.10. The van der Waals surface area contributed by atoms with Crippen LogP contribution in [0, 0.1) is 6.92 Å². The van der Waals surface area contributed by atoms with E-state index in [9.17, 15) is 4.79 Å². The molecule has 1 aromatic carbocycles. The van der Waals surface area contributed by atoms with Crippen molar-refractivity contribution in [2.45, 2.75) is 25.8 Å². The first kappa shape index (κ1) is 17.2. The van der Waals surface area contributed by atoms with Gasteiger partial charge in [0.25, 0.3) is 5.91 Å². The highest BCUT2D eigenvalue weighted by atomic mass is 79.9. The van der Waals surface area contributed by atoms with Crippen molar-refractivity contribution in [3.8, 4) is 5.69 Å². The highest BCUT2D eigenvalue weighted by Crippen LogP contribution is 2.21. The van der Waals surface area contributed by atoms with Gasteiger partial charge in [0.15, 0.2) is 0 Å². The largest absolute Gasteiger partial charge is 0.337 e. The number of benzene rings is 1. The van der Waals surface area contributed by atoms with Crippen molar-refractivity contribution < 1.29 is 4.79 Å². The van der Waals surface area contributed by atoms with E-state index >= 15 is 0 Å². The molecule has 1 aromatic heterocycles. The number of hydrogen-bond acceptors (Lipinski definition) is 3. The number of carbonyl (C=O) groups excluding carboxylic acids is 1. The van der Waals surface area contributed by atoms with Gasteiger partial charge in [0.1, 0.15) is 0 Å². The van der Waals surface area contributed by atoms with E-state index in [1.807, 2.05) is 40.8 Å². The Morgan fingerprint density at radius 1 is 1.29 bits per heavy atom. The third kappa shape index (κ3) is 3.39. The third-order valence-electron chi connectivity index (χ3n) is 4.73. The second-order valence-corrected chi connectivity index (χ2v) is 7.46. The van der Waals surface area contributed by atoms with E-state index in [-0.39, 0.29) is 5.91 Å². The highest BCUT2D eigenvalue weighted by Gasteiger charge is 2.27. The fourth-order valence-corrected chi connectivity index (χ4v) is 3.46. The topological polar surface area (TPSA) is 41.4 Å². The minimum absolute atomic E-state index is 0.0856. The van der Waals surface area contributed by atoms with Crippen LogP contribution >= 0.6 is 15.9 Å². The van der Waals surface area contributed by atoms with Gasteiger partial charge in [-0.1, -0.05) is 15.9 Å². The Bertz CT molecular complexity index is 723. The summed E-state index contributed by atoms with van der Waals surface area (Å²) in [7, 11) is 4.16. The molecule has 2 aromatic rings. The fraction of sp³-hybridized carbons (Fsp3) is 0.444. The van der Waals surface area contributed by atoms with Crippen LogP contribution < -0.4 is 0 Å². The van der Waals surface area contributed by atoms with E-state index in [0.717, 1.165) is 41.8 Å². The number of carbonyl (C=O) groups is 1. The third-order valence-corrected chi connectivity index (χ3v) is 5.25. The van der Waals surface area contributed by atoms with Crippen molar-refractivity contribution in [1.29, 1.82) is 0 Å². The van der Waals surface area contributed by atoms with Gasteiger partial charge in [-0.2, -0.15) is 5.10 Å². The molecular weight excluding hydrogens is 368 g/mol. The molecule has 0 spiro atoms. The molecule has 3 rings (SSSR count). The average Bonchev–Trinajstić information content (AvgIpc) is 2.96. The lowest BCUT2D eigenvalue weighted by Crippen LogP contribution is -2.47. The van der Waals surface area contributed by atoms with Crippen molar-refractivity contribution in [2.24, 2.45) is 0 Å². The van der Waals surface area contributed by atoms with Gasteiger partial charge >= 0.3 is 0 Å². The first-order valence-electron chi connectivity index (χ1n) is 8.23. The van der Waals surface area contributed by atoms with Gasteiger partial charge in [-0.3, -0.25) is 4.79 Å². The average molecular weight is 391 g/mol. The van der Waals surface area contributed by atoms with Crippen LogP contribution in [0.3, 0.4) is 0 Å². The van der Waals surface area contributed by atoms with Gasteiger partial charge in [-0.15, -0.1) is 0 Å². The molecule has 6 heteroatoms. The summed E-state index contributed by atoms with van der Waals surface area (Å²) in [4.78, 5) is 17.1. The number of likely N-dealkylation sites (N-methyl/N-ethyl adjacent to an activating group) is 1. The van der Waals surface area contributed by atoms with Crippen LogP contribution in [-0.4, -0.2) is 58.7 Å². The molecule has 1 saturated heterocycles. The molecule has 5 nitrogen and oxygen atoms in total. The van der Waals surface area contributed by atoms with E-state index in [2.05, 4.69) is 40.0 Å². The van der Waals surface area contributed by atoms with Gasteiger partial charge in [-0.25, -0.2) is 4.68 Å². The van der Waals surface area contributed by atoms with Crippen LogP contribution in [0.4, 0.5) is 0 Å². The van der Waals surface area contributed by atoms with Crippen LogP contribution in [-0.2, 0) is 0 Å². The molecule has 0 aliphatic carbocycles. The number of hydrogen-bond donors (Lipinski definition) is 0. The number of halogens is 1. The van der Waals surface area contributed by atoms with Gasteiger partial charge in [0.2, 0.25) is 0 Å². The van der Waals surface area contributed by atoms with Crippen LogP contribution in [0.1, 0.15) is 28.9 Å².